The summed E-state index contributed by atoms with van der Waals surface area (Å²) >= 11 is 0. The second-order valence-electron chi connectivity index (χ2n) is 6.22. The number of hydrogen-bond donors (Lipinski definition) is 1. The number of nitrogens with one attached hydrogen (secondary N) is 1. The first kappa shape index (κ1) is 15.9. The van der Waals surface area contributed by atoms with Crippen molar-refractivity contribution in [1.29, 1.82) is 0 Å². The Bertz CT molecular complexity index is 372. The van der Waals surface area contributed by atoms with Crippen LogP contribution in [0.3, 0.4) is 0 Å². The molecule has 18 heavy (non-hydrogen) atoms. The summed E-state index contributed by atoms with van der Waals surface area (Å²) < 4.78 is 22.8. The van der Waals surface area contributed by atoms with Crippen molar-refractivity contribution >= 4 is 9.84 Å². The molecular formula is C13H28N2O2S. The minimum absolute atomic E-state index is 0.0609. The fourth-order valence-electron chi connectivity index (χ4n) is 2.76. The number of piperazine rings is 1. The second-order valence-corrected chi connectivity index (χ2v) is 8.48. The molecule has 0 bridgehead atoms. The quantitative estimate of drug-likeness (QED) is 0.822. The standard InChI is InChI=1S/C13H28N2O2S/c1-6-13(7-2)10-14-12(3,4)11-15(13)8-9-18(5,16)17/h14H,6-11H2,1-5H3. The Labute approximate surface area is 112 Å². The van der Waals surface area contributed by atoms with Crippen LogP contribution in [0.1, 0.15) is 40.5 Å². The molecule has 5 heteroatoms. The first-order valence-corrected chi connectivity index (χ1v) is 8.88. The minimum Gasteiger partial charge on any atom is -0.309 e. The average Bonchev–Trinajstić information content (AvgIpc) is 2.25. The summed E-state index contributed by atoms with van der Waals surface area (Å²) in [6.07, 6.45) is 3.42. The summed E-state index contributed by atoms with van der Waals surface area (Å²) in [4.78, 5) is 2.38. The summed E-state index contributed by atoms with van der Waals surface area (Å²) in [5, 5.41) is 3.59. The number of rotatable bonds is 5. The van der Waals surface area contributed by atoms with Crippen LogP contribution < -0.4 is 5.32 Å². The largest absolute Gasteiger partial charge is 0.309 e. The zero-order chi connectivity index (χ0) is 14.0. The number of hydrogen-bond acceptors (Lipinski definition) is 4. The van der Waals surface area contributed by atoms with Gasteiger partial charge in [-0.25, -0.2) is 8.42 Å². The molecule has 108 valence electrons. The van der Waals surface area contributed by atoms with Crippen molar-refractivity contribution < 1.29 is 8.42 Å². The molecule has 0 saturated carbocycles. The van der Waals surface area contributed by atoms with Crippen LogP contribution in [0.2, 0.25) is 0 Å². The van der Waals surface area contributed by atoms with Gasteiger partial charge in [-0.3, -0.25) is 4.90 Å². The minimum atomic E-state index is -2.89. The van der Waals surface area contributed by atoms with Crippen LogP contribution in [0.15, 0.2) is 0 Å². The lowest BCUT2D eigenvalue weighted by Gasteiger charge is -2.52. The van der Waals surface area contributed by atoms with Crippen molar-refractivity contribution in [3.8, 4) is 0 Å². The van der Waals surface area contributed by atoms with Crippen LogP contribution in [0.25, 0.3) is 0 Å². The molecule has 0 atom stereocenters. The van der Waals surface area contributed by atoms with E-state index in [1.807, 2.05) is 0 Å². The van der Waals surface area contributed by atoms with E-state index in [1.165, 1.54) is 6.26 Å². The summed E-state index contributed by atoms with van der Waals surface area (Å²) in [6.45, 7) is 11.2. The Kier molecular flexibility index (Phi) is 4.84. The van der Waals surface area contributed by atoms with E-state index in [9.17, 15) is 8.42 Å². The van der Waals surface area contributed by atoms with E-state index >= 15 is 0 Å². The van der Waals surface area contributed by atoms with Gasteiger partial charge in [-0.05, 0) is 26.7 Å². The first-order chi connectivity index (χ1) is 8.14. The van der Waals surface area contributed by atoms with Gasteiger partial charge in [0, 0.05) is 37.0 Å². The van der Waals surface area contributed by atoms with E-state index in [0.717, 1.165) is 25.9 Å². The fraction of sp³-hybridized carbons (Fsp3) is 1.00. The molecule has 0 spiro atoms. The van der Waals surface area contributed by atoms with Gasteiger partial charge in [0.1, 0.15) is 9.84 Å². The van der Waals surface area contributed by atoms with E-state index in [4.69, 9.17) is 0 Å². The van der Waals surface area contributed by atoms with Gasteiger partial charge >= 0.3 is 0 Å². The SMILES string of the molecule is CCC1(CC)CNC(C)(C)CN1CCS(C)(=O)=O. The lowest BCUT2D eigenvalue weighted by molar-refractivity contribution is 0.0140. The Balaban J connectivity index is 2.84. The smallest absolute Gasteiger partial charge is 0.148 e. The zero-order valence-electron chi connectivity index (χ0n) is 12.4. The third-order valence-corrected chi connectivity index (χ3v) is 5.13. The third-order valence-electron chi connectivity index (χ3n) is 4.20. The van der Waals surface area contributed by atoms with Gasteiger partial charge < -0.3 is 5.32 Å². The molecule has 0 aromatic heterocycles. The van der Waals surface area contributed by atoms with Crippen LogP contribution in [-0.2, 0) is 9.84 Å². The monoisotopic (exact) mass is 276 g/mol. The molecule has 0 radical (unpaired) electrons. The van der Waals surface area contributed by atoms with Gasteiger partial charge in [0.25, 0.3) is 0 Å². The molecule has 1 aliphatic heterocycles. The highest BCUT2D eigenvalue weighted by Gasteiger charge is 2.41. The highest BCUT2D eigenvalue weighted by Crippen LogP contribution is 2.29. The zero-order valence-corrected chi connectivity index (χ0v) is 13.2. The number of nitrogens with zero attached hydrogens (tertiary/aromatic N) is 1. The molecule has 1 heterocycles. The molecule has 0 amide bonds. The maximum absolute atomic E-state index is 11.4. The third kappa shape index (κ3) is 3.93. The molecule has 4 nitrogen and oxygen atoms in total. The van der Waals surface area contributed by atoms with Gasteiger partial charge in [0.05, 0.1) is 5.75 Å². The maximum atomic E-state index is 11.4. The molecule has 0 unspecified atom stereocenters. The number of sulfone groups is 1. The van der Waals surface area contributed by atoms with Crippen molar-refractivity contribution in [1.82, 2.24) is 10.2 Å². The van der Waals surface area contributed by atoms with Gasteiger partial charge in [-0.2, -0.15) is 0 Å². The molecule has 1 saturated heterocycles. The lowest BCUT2D eigenvalue weighted by atomic mass is 9.84. The van der Waals surface area contributed by atoms with Gasteiger partial charge in [-0.1, -0.05) is 13.8 Å². The van der Waals surface area contributed by atoms with E-state index in [-0.39, 0.29) is 16.8 Å². The van der Waals surface area contributed by atoms with Crippen molar-refractivity contribution in [3.05, 3.63) is 0 Å². The average molecular weight is 276 g/mol. The predicted octanol–water partition coefficient (Wildman–Crippen LogP) is 1.27. The van der Waals surface area contributed by atoms with Crippen molar-refractivity contribution in [3.63, 3.8) is 0 Å². The van der Waals surface area contributed by atoms with Crippen LogP contribution in [0, 0.1) is 0 Å². The second kappa shape index (κ2) is 5.47. The van der Waals surface area contributed by atoms with Crippen LogP contribution in [-0.4, -0.2) is 56.0 Å². The Morgan fingerprint density at radius 3 is 2.22 bits per heavy atom. The normalized spacial score (nSPS) is 24.1. The molecule has 1 N–H and O–H groups in total. The van der Waals surface area contributed by atoms with Gasteiger partial charge in [-0.15, -0.1) is 0 Å². The molecule has 0 aromatic rings. The topological polar surface area (TPSA) is 49.4 Å². The fourth-order valence-corrected chi connectivity index (χ4v) is 3.31. The Morgan fingerprint density at radius 1 is 1.22 bits per heavy atom. The Hall–Kier alpha value is -0.130. The van der Waals surface area contributed by atoms with Gasteiger partial charge in [0.2, 0.25) is 0 Å². The summed E-state index contributed by atoms with van der Waals surface area (Å²) in [5.74, 6) is 0.255. The summed E-state index contributed by atoms with van der Waals surface area (Å²) in [7, 11) is -2.89. The van der Waals surface area contributed by atoms with Crippen LogP contribution >= 0.6 is 0 Å². The van der Waals surface area contributed by atoms with Crippen LogP contribution in [0.5, 0.6) is 0 Å². The van der Waals surface area contributed by atoms with E-state index in [2.05, 4.69) is 37.9 Å². The molecule has 0 aliphatic carbocycles. The molecule has 1 aliphatic rings. The maximum Gasteiger partial charge on any atom is 0.148 e. The van der Waals surface area contributed by atoms with E-state index < -0.39 is 9.84 Å². The van der Waals surface area contributed by atoms with Gasteiger partial charge in [0.15, 0.2) is 0 Å². The highest BCUT2D eigenvalue weighted by atomic mass is 32.2. The lowest BCUT2D eigenvalue weighted by Crippen LogP contribution is -2.68. The Morgan fingerprint density at radius 2 is 1.78 bits per heavy atom. The first-order valence-electron chi connectivity index (χ1n) is 6.82. The predicted molar refractivity (Wildman–Crippen MR) is 76.7 cm³/mol. The van der Waals surface area contributed by atoms with Crippen molar-refractivity contribution in [2.45, 2.75) is 51.6 Å². The van der Waals surface area contributed by atoms with Crippen molar-refractivity contribution in [2.24, 2.45) is 0 Å². The van der Waals surface area contributed by atoms with Crippen molar-refractivity contribution in [2.75, 3.05) is 31.6 Å². The highest BCUT2D eigenvalue weighted by molar-refractivity contribution is 7.90. The van der Waals surface area contributed by atoms with E-state index in [0.29, 0.717) is 6.54 Å². The summed E-state index contributed by atoms with van der Waals surface area (Å²) in [6, 6.07) is 0. The molecule has 1 fully saturated rings. The molecular weight excluding hydrogens is 248 g/mol. The van der Waals surface area contributed by atoms with Crippen LogP contribution in [0.4, 0.5) is 0 Å². The van der Waals surface area contributed by atoms with E-state index in [1.54, 1.807) is 0 Å². The molecule has 0 aromatic carbocycles. The molecule has 1 rings (SSSR count). The summed E-state index contributed by atoms with van der Waals surface area (Å²) in [5.41, 5.74) is 0.172.